The van der Waals surface area contributed by atoms with E-state index in [1.54, 1.807) is 6.07 Å². The molecule has 0 aliphatic rings. The Morgan fingerprint density at radius 2 is 2.00 bits per heavy atom. The van der Waals surface area contributed by atoms with Gasteiger partial charge in [-0.2, -0.15) is 5.10 Å². The molecule has 0 radical (unpaired) electrons. The summed E-state index contributed by atoms with van der Waals surface area (Å²) in [5.41, 5.74) is 3.00. The van der Waals surface area contributed by atoms with Crippen molar-refractivity contribution in [1.29, 1.82) is 0 Å². The van der Waals surface area contributed by atoms with Crippen LogP contribution in [0.2, 0.25) is 0 Å². The second-order valence-corrected chi connectivity index (χ2v) is 4.56. The highest BCUT2D eigenvalue weighted by Gasteiger charge is 2.07. The van der Waals surface area contributed by atoms with Crippen molar-refractivity contribution in [1.82, 2.24) is 15.7 Å². The molecule has 0 bridgehead atoms. The summed E-state index contributed by atoms with van der Waals surface area (Å²) in [6.45, 7) is -0.257. The average molecular weight is 327 g/mol. The lowest BCUT2D eigenvalue weighted by molar-refractivity contribution is -0.384. The van der Waals surface area contributed by atoms with Crippen molar-refractivity contribution >= 4 is 23.7 Å². The molecule has 1 heterocycles. The molecule has 0 atom stereocenters. The quantitative estimate of drug-likeness (QED) is 0.462. The highest BCUT2D eigenvalue weighted by molar-refractivity contribution is 5.96. The SMILES string of the molecule is O=C(CNC(=O)c1ccncc1)N/N=C\c1cccc([N+](=O)[O-])c1. The Morgan fingerprint density at radius 1 is 1.25 bits per heavy atom. The number of nitro benzene ring substituents is 1. The predicted octanol–water partition coefficient (Wildman–Crippen LogP) is 0.870. The summed E-state index contributed by atoms with van der Waals surface area (Å²) in [5, 5.41) is 16.8. The number of aromatic nitrogens is 1. The summed E-state index contributed by atoms with van der Waals surface area (Å²) in [6, 6.07) is 8.83. The third-order valence-corrected chi connectivity index (χ3v) is 2.84. The number of nitrogens with one attached hydrogen (secondary N) is 2. The van der Waals surface area contributed by atoms with Gasteiger partial charge in [-0.1, -0.05) is 12.1 Å². The van der Waals surface area contributed by atoms with Gasteiger partial charge in [0, 0.05) is 35.7 Å². The Labute approximate surface area is 136 Å². The minimum atomic E-state index is -0.529. The summed E-state index contributed by atoms with van der Waals surface area (Å²) in [5.74, 6) is -0.936. The maximum Gasteiger partial charge on any atom is 0.270 e. The summed E-state index contributed by atoms with van der Waals surface area (Å²) in [6.07, 6.45) is 4.21. The maximum atomic E-state index is 11.7. The van der Waals surface area contributed by atoms with Crippen molar-refractivity contribution in [2.24, 2.45) is 5.10 Å². The van der Waals surface area contributed by atoms with Gasteiger partial charge in [0.2, 0.25) is 0 Å². The Morgan fingerprint density at radius 3 is 2.71 bits per heavy atom. The van der Waals surface area contributed by atoms with Crippen LogP contribution < -0.4 is 10.7 Å². The van der Waals surface area contributed by atoms with Gasteiger partial charge in [-0.25, -0.2) is 5.43 Å². The largest absolute Gasteiger partial charge is 0.343 e. The molecule has 0 aliphatic heterocycles. The summed E-state index contributed by atoms with van der Waals surface area (Å²) in [4.78, 5) is 37.2. The molecule has 2 aromatic rings. The van der Waals surface area contributed by atoms with Crippen LogP contribution in [-0.4, -0.2) is 34.5 Å². The number of pyridine rings is 1. The van der Waals surface area contributed by atoms with Gasteiger partial charge in [0.25, 0.3) is 17.5 Å². The molecule has 2 rings (SSSR count). The van der Waals surface area contributed by atoms with E-state index in [2.05, 4.69) is 20.8 Å². The Hall–Kier alpha value is -3.62. The molecular weight excluding hydrogens is 314 g/mol. The van der Waals surface area contributed by atoms with E-state index in [0.717, 1.165) is 0 Å². The zero-order chi connectivity index (χ0) is 17.4. The average Bonchev–Trinajstić information content (AvgIpc) is 2.60. The standard InChI is InChI=1S/C15H13N5O4/c21-14(10-17-15(22)12-4-6-16-7-5-12)19-18-9-11-2-1-3-13(8-11)20(23)24/h1-9H,10H2,(H,17,22)(H,19,21)/b18-9-. The molecule has 2 N–H and O–H groups in total. The fourth-order valence-corrected chi connectivity index (χ4v) is 1.70. The number of hydrogen-bond acceptors (Lipinski definition) is 6. The van der Waals surface area contributed by atoms with E-state index in [-0.39, 0.29) is 12.2 Å². The van der Waals surface area contributed by atoms with Crippen LogP contribution in [0.3, 0.4) is 0 Å². The fraction of sp³-hybridized carbons (Fsp3) is 0.0667. The number of nitro groups is 1. The number of hydrogen-bond donors (Lipinski definition) is 2. The second kappa shape index (κ2) is 8.13. The van der Waals surface area contributed by atoms with Gasteiger partial charge in [-0.15, -0.1) is 0 Å². The van der Waals surface area contributed by atoms with E-state index in [4.69, 9.17) is 0 Å². The lowest BCUT2D eigenvalue weighted by Gasteiger charge is -2.03. The van der Waals surface area contributed by atoms with Crippen LogP contribution in [0, 0.1) is 10.1 Å². The van der Waals surface area contributed by atoms with E-state index in [1.807, 2.05) is 0 Å². The summed E-state index contributed by atoms with van der Waals surface area (Å²) in [7, 11) is 0. The zero-order valence-corrected chi connectivity index (χ0v) is 12.4. The van der Waals surface area contributed by atoms with E-state index < -0.39 is 16.7 Å². The normalized spacial score (nSPS) is 10.3. The molecule has 9 heteroatoms. The van der Waals surface area contributed by atoms with Gasteiger partial charge in [0.1, 0.15) is 0 Å². The molecule has 0 saturated carbocycles. The van der Waals surface area contributed by atoms with E-state index >= 15 is 0 Å². The van der Waals surface area contributed by atoms with Crippen molar-refractivity contribution in [2.75, 3.05) is 6.54 Å². The number of nitrogens with zero attached hydrogens (tertiary/aromatic N) is 3. The number of carbonyl (C=O) groups excluding carboxylic acids is 2. The predicted molar refractivity (Wildman–Crippen MR) is 85.4 cm³/mol. The first-order valence-electron chi connectivity index (χ1n) is 6.81. The number of benzene rings is 1. The van der Waals surface area contributed by atoms with E-state index in [9.17, 15) is 19.7 Å². The molecule has 1 aromatic carbocycles. The summed E-state index contributed by atoms with van der Waals surface area (Å²) < 4.78 is 0. The van der Waals surface area contributed by atoms with Gasteiger partial charge < -0.3 is 5.32 Å². The van der Waals surface area contributed by atoms with E-state index in [0.29, 0.717) is 11.1 Å². The first-order valence-corrected chi connectivity index (χ1v) is 6.81. The molecule has 0 fully saturated rings. The first-order chi connectivity index (χ1) is 11.6. The van der Waals surface area contributed by atoms with Gasteiger partial charge in [0.15, 0.2) is 0 Å². The van der Waals surface area contributed by atoms with Gasteiger partial charge in [-0.05, 0) is 12.1 Å². The number of hydrazone groups is 1. The topological polar surface area (TPSA) is 127 Å². The monoisotopic (exact) mass is 327 g/mol. The molecular formula is C15H13N5O4. The van der Waals surface area contributed by atoms with Crippen LogP contribution in [0.25, 0.3) is 0 Å². The molecule has 0 aliphatic carbocycles. The van der Waals surface area contributed by atoms with Crippen LogP contribution in [0.5, 0.6) is 0 Å². The third-order valence-electron chi connectivity index (χ3n) is 2.84. The number of carbonyl (C=O) groups is 2. The van der Waals surface area contributed by atoms with E-state index in [1.165, 1.54) is 48.9 Å². The first kappa shape index (κ1) is 16.7. The zero-order valence-electron chi connectivity index (χ0n) is 12.4. The van der Waals surface area contributed by atoms with Crippen LogP contribution in [0.1, 0.15) is 15.9 Å². The number of non-ortho nitro benzene ring substituents is 1. The summed E-state index contributed by atoms with van der Waals surface area (Å²) >= 11 is 0. The third kappa shape index (κ3) is 4.98. The van der Waals surface area contributed by atoms with Crippen LogP contribution in [0.15, 0.2) is 53.9 Å². The van der Waals surface area contributed by atoms with Crippen molar-refractivity contribution in [2.45, 2.75) is 0 Å². The molecule has 122 valence electrons. The Balaban J connectivity index is 1.82. The number of rotatable bonds is 6. The van der Waals surface area contributed by atoms with Gasteiger partial charge in [0.05, 0.1) is 17.7 Å². The highest BCUT2D eigenvalue weighted by Crippen LogP contribution is 2.11. The molecule has 24 heavy (non-hydrogen) atoms. The molecule has 2 amide bonds. The van der Waals surface area contributed by atoms with Crippen LogP contribution in [0.4, 0.5) is 5.69 Å². The maximum absolute atomic E-state index is 11.7. The lowest BCUT2D eigenvalue weighted by Crippen LogP contribution is -2.34. The molecule has 9 nitrogen and oxygen atoms in total. The van der Waals surface area contributed by atoms with Crippen LogP contribution in [-0.2, 0) is 4.79 Å². The van der Waals surface area contributed by atoms with Gasteiger partial charge >= 0.3 is 0 Å². The van der Waals surface area contributed by atoms with Gasteiger partial charge in [-0.3, -0.25) is 24.7 Å². The van der Waals surface area contributed by atoms with Crippen LogP contribution >= 0.6 is 0 Å². The molecule has 0 unspecified atom stereocenters. The number of amides is 2. The van der Waals surface area contributed by atoms with Crippen molar-refractivity contribution < 1.29 is 14.5 Å². The minimum absolute atomic E-state index is 0.0742. The fourth-order valence-electron chi connectivity index (χ4n) is 1.70. The van der Waals surface area contributed by atoms with Crippen molar-refractivity contribution in [3.05, 3.63) is 70.0 Å². The minimum Gasteiger partial charge on any atom is -0.343 e. The molecule has 1 aromatic heterocycles. The highest BCUT2D eigenvalue weighted by atomic mass is 16.6. The second-order valence-electron chi connectivity index (χ2n) is 4.56. The van der Waals surface area contributed by atoms with Crippen molar-refractivity contribution in [3.8, 4) is 0 Å². The molecule has 0 spiro atoms. The lowest BCUT2D eigenvalue weighted by atomic mass is 10.2. The Kier molecular flexibility index (Phi) is 5.67. The smallest absolute Gasteiger partial charge is 0.270 e. The molecule has 0 saturated heterocycles. The Bertz CT molecular complexity index is 776. The van der Waals surface area contributed by atoms with Crippen molar-refractivity contribution in [3.63, 3.8) is 0 Å².